The summed E-state index contributed by atoms with van der Waals surface area (Å²) in [5.41, 5.74) is 4.88. The maximum absolute atomic E-state index is 13.1. The molecular formula is C16H21FN2O3. The first-order chi connectivity index (χ1) is 10.5. The van der Waals surface area contributed by atoms with Gasteiger partial charge in [-0.15, -0.1) is 0 Å². The molecule has 1 aliphatic carbocycles. The van der Waals surface area contributed by atoms with Crippen molar-refractivity contribution < 1.29 is 18.7 Å². The number of nitrogens with two attached hydrogens (primary N) is 1. The fraction of sp³-hybridized carbons (Fsp3) is 0.500. The van der Waals surface area contributed by atoms with E-state index in [0.717, 1.165) is 31.7 Å². The van der Waals surface area contributed by atoms with Gasteiger partial charge in [-0.1, -0.05) is 25.7 Å². The Kier molecular flexibility index (Phi) is 5.00. The molecule has 2 rings (SSSR count). The van der Waals surface area contributed by atoms with E-state index in [1.165, 1.54) is 19.2 Å². The molecule has 5 nitrogen and oxygen atoms in total. The van der Waals surface area contributed by atoms with Crippen LogP contribution < -0.4 is 11.1 Å². The number of amides is 1. The molecule has 1 amide bonds. The topological polar surface area (TPSA) is 81.4 Å². The van der Waals surface area contributed by atoms with Crippen LogP contribution in [0, 0.1) is 5.82 Å². The zero-order valence-electron chi connectivity index (χ0n) is 12.7. The number of anilines is 1. The second-order valence-corrected chi connectivity index (χ2v) is 5.67. The summed E-state index contributed by atoms with van der Waals surface area (Å²) in [4.78, 5) is 24.7. The molecule has 6 heteroatoms. The summed E-state index contributed by atoms with van der Waals surface area (Å²) in [6.45, 7) is 0. The van der Waals surface area contributed by atoms with E-state index in [-0.39, 0.29) is 11.3 Å². The highest BCUT2D eigenvalue weighted by Crippen LogP contribution is 2.29. The Morgan fingerprint density at radius 1 is 1.23 bits per heavy atom. The summed E-state index contributed by atoms with van der Waals surface area (Å²) in [5.74, 6) is -1.43. The fourth-order valence-electron chi connectivity index (χ4n) is 2.93. The van der Waals surface area contributed by atoms with Crippen LogP contribution in [0.3, 0.4) is 0 Å². The number of halogens is 1. The van der Waals surface area contributed by atoms with E-state index in [4.69, 9.17) is 10.5 Å². The Balaban J connectivity index is 2.26. The molecule has 1 aromatic carbocycles. The van der Waals surface area contributed by atoms with Crippen molar-refractivity contribution in [3.05, 3.63) is 29.6 Å². The number of carbonyl (C=O) groups is 2. The van der Waals surface area contributed by atoms with Gasteiger partial charge in [-0.25, -0.2) is 9.18 Å². The number of hydrogen-bond acceptors (Lipinski definition) is 4. The molecule has 0 atom stereocenters. The van der Waals surface area contributed by atoms with Crippen molar-refractivity contribution in [3.8, 4) is 0 Å². The maximum atomic E-state index is 13.1. The summed E-state index contributed by atoms with van der Waals surface area (Å²) >= 11 is 0. The van der Waals surface area contributed by atoms with Crippen LogP contribution in [-0.4, -0.2) is 24.5 Å². The molecule has 0 unspecified atom stereocenters. The van der Waals surface area contributed by atoms with Gasteiger partial charge in [0.25, 0.3) is 5.91 Å². The lowest BCUT2D eigenvalue weighted by atomic mass is 9.89. The van der Waals surface area contributed by atoms with Gasteiger partial charge in [0.1, 0.15) is 11.4 Å². The van der Waals surface area contributed by atoms with E-state index in [1.54, 1.807) is 0 Å². The Labute approximate surface area is 129 Å². The van der Waals surface area contributed by atoms with Crippen molar-refractivity contribution in [3.63, 3.8) is 0 Å². The van der Waals surface area contributed by atoms with Crippen LogP contribution in [0.2, 0.25) is 0 Å². The Hall–Kier alpha value is -2.11. The summed E-state index contributed by atoms with van der Waals surface area (Å²) in [6, 6.07) is 3.58. The average molecular weight is 308 g/mol. The van der Waals surface area contributed by atoms with Crippen molar-refractivity contribution in [1.82, 2.24) is 5.32 Å². The molecule has 0 aliphatic heterocycles. The average Bonchev–Trinajstić information content (AvgIpc) is 2.72. The smallest absolute Gasteiger partial charge is 0.331 e. The number of rotatable bonds is 3. The van der Waals surface area contributed by atoms with Gasteiger partial charge in [0.2, 0.25) is 0 Å². The third-order valence-electron chi connectivity index (χ3n) is 4.14. The minimum Gasteiger partial charge on any atom is -0.467 e. The summed E-state index contributed by atoms with van der Waals surface area (Å²) < 4.78 is 18.0. The molecular weight excluding hydrogens is 287 g/mol. The lowest BCUT2D eigenvalue weighted by molar-refractivity contribution is -0.148. The minimum absolute atomic E-state index is 0.0473. The van der Waals surface area contributed by atoms with E-state index in [9.17, 15) is 14.0 Å². The molecule has 1 aromatic rings. The van der Waals surface area contributed by atoms with Gasteiger partial charge in [-0.3, -0.25) is 4.79 Å². The highest BCUT2D eigenvalue weighted by molar-refractivity contribution is 6.01. The Bertz CT molecular complexity index is 567. The number of methoxy groups -OCH3 is 1. The maximum Gasteiger partial charge on any atom is 0.331 e. The fourth-order valence-corrected chi connectivity index (χ4v) is 2.93. The van der Waals surface area contributed by atoms with Crippen LogP contribution in [0.4, 0.5) is 10.1 Å². The highest BCUT2D eigenvalue weighted by Gasteiger charge is 2.41. The van der Waals surface area contributed by atoms with Crippen LogP contribution in [-0.2, 0) is 9.53 Å². The van der Waals surface area contributed by atoms with E-state index < -0.39 is 23.2 Å². The second kappa shape index (κ2) is 6.77. The molecule has 0 spiro atoms. The molecule has 120 valence electrons. The molecule has 0 bridgehead atoms. The molecule has 0 heterocycles. The molecule has 22 heavy (non-hydrogen) atoms. The number of ether oxygens (including phenoxy) is 1. The number of nitrogens with one attached hydrogen (secondary N) is 1. The quantitative estimate of drug-likeness (QED) is 0.510. The minimum atomic E-state index is -1.02. The van der Waals surface area contributed by atoms with E-state index in [2.05, 4.69) is 5.32 Å². The van der Waals surface area contributed by atoms with Gasteiger partial charge < -0.3 is 15.8 Å². The van der Waals surface area contributed by atoms with Crippen LogP contribution in [0.15, 0.2) is 18.2 Å². The summed E-state index contributed by atoms with van der Waals surface area (Å²) in [7, 11) is 1.31. The lowest BCUT2D eigenvalue weighted by Crippen LogP contribution is -2.54. The number of benzene rings is 1. The van der Waals surface area contributed by atoms with Gasteiger partial charge in [0.05, 0.1) is 12.7 Å². The van der Waals surface area contributed by atoms with E-state index in [1.807, 2.05) is 0 Å². The Morgan fingerprint density at radius 2 is 1.86 bits per heavy atom. The standard InChI is InChI=1S/C16H21FN2O3/c1-22-15(21)16(8-4-2-3-5-9-16)19-14(20)12-7-6-11(17)10-13(12)18/h6-7,10H,2-5,8-9,18H2,1H3,(H,19,20). The highest BCUT2D eigenvalue weighted by atomic mass is 19.1. The van der Waals surface area contributed by atoms with Crippen molar-refractivity contribution in [1.29, 1.82) is 0 Å². The van der Waals surface area contributed by atoms with Gasteiger partial charge in [-0.2, -0.15) is 0 Å². The van der Waals surface area contributed by atoms with E-state index >= 15 is 0 Å². The first kappa shape index (κ1) is 16.3. The molecule has 0 aromatic heterocycles. The van der Waals surface area contributed by atoms with Crippen molar-refractivity contribution in [2.24, 2.45) is 0 Å². The van der Waals surface area contributed by atoms with Crippen molar-refractivity contribution in [2.45, 2.75) is 44.1 Å². The lowest BCUT2D eigenvalue weighted by Gasteiger charge is -2.31. The van der Waals surface area contributed by atoms with Crippen molar-refractivity contribution in [2.75, 3.05) is 12.8 Å². The molecule has 0 radical (unpaired) electrons. The predicted molar refractivity (Wildman–Crippen MR) is 80.7 cm³/mol. The van der Waals surface area contributed by atoms with Crippen LogP contribution in [0.25, 0.3) is 0 Å². The largest absolute Gasteiger partial charge is 0.467 e. The second-order valence-electron chi connectivity index (χ2n) is 5.67. The zero-order valence-corrected chi connectivity index (χ0v) is 12.7. The zero-order chi connectivity index (χ0) is 16.2. The number of carbonyl (C=O) groups excluding carboxylic acids is 2. The number of nitrogen functional groups attached to an aromatic ring is 1. The molecule has 1 saturated carbocycles. The Morgan fingerprint density at radius 3 is 2.41 bits per heavy atom. The summed E-state index contributed by atoms with van der Waals surface area (Å²) in [5, 5.41) is 2.78. The third-order valence-corrected chi connectivity index (χ3v) is 4.14. The first-order valence-electron chi connectivity index (χ1n) is 7.44. The molecule has 3 N–H and O–H groups in total. The SMILES string of the molecule is COC(=O)C1(NC(=O)c2ccc(F)cc2N)CCCCCC1. The van der Waals surface area contributed by atoms with Crippen molar-refractivity contribution >= 4 is 17.6 Å². The monoisotopic (exact) mass is 308 g/mol. The van der Waals surface area contributed by atoms with Gasteiger partial charge in [0, 0.05) is 5.69 Å². The predicted octanol–water partition coefficient (Wildman–Crippen LogP) is 2.40. The molecule has 1 fully saturated rings. The number of hydrogen-bond donors (Lipinski definition) is 2. The normalized spacial score (nSPS) is 17.4. The molecule has 1 aliphatic rings. The van der Waals surface area contributed by atoms with Crippen LogP contribution in [0.1, 0.15) is 48.9 Å². The van der Waals surface area contributed by atoms with Gasteiger partial charge in [0.15, 0.2) is 0 Å². The van der Waals surface area contributed by atoms with Gasteiger partial charge in [-0.05, 0) is 31.0 Å². The first-order valence-corrected chi connectivity index (χ1v) is 7.44. The third kappa shape index (κ3) is 3.37. The van der Waals surface area contributed by atoms with E-state index in [0.29, 0.717) is 12.8 Å². The molecule has 0 saturated heterocycles. The van der Waals surface area contributed by atoms with Gasteiger partial charge >= 0.3 is 5.97 Å². The van der Waals surface area contributed by atoms with Crippen LogP contribution >= 0.6 is 0 Å². The number of esters is 1. The summed E-state index contributed by atoms with van der Waals surface area (Å²) in [6.07, 6.45) is 4.79. The van der Waals surface area contributed by atoms with Crippen LogP contribution in [0.5, 0.6) is 0 Å².